The van der Waals surface area contributed by atoms with Crippen LogP contribution in [0.25, 0.3) is 0 Å². The van der Waals surface area contributed by atoms with Gasteiger partial charge in [0.15, 0.2) is 0 Å². The Kier molecular flexibility index (Phi) is 6.63. The van der Waals surface area contributed by atoms with Crippen molar-refractivity contribution in [3.63, 3.8) is 0 Å². The Morgan fingerprint density at radius 2 is 2.22 bits per heavy atom. The molecule has 4 nitrogen and oxygen atoms in total. The van der Waals surface area contributed by atoms with Crippen molar-refractivity contribution in [3.8, 4) is 0 Å². The number of methoxy groups -OCH3 is 2. The van der Waals surface area contributed by atoms with Crippen molar-refractivity contribution in [1.82, 2.24) is 5.32 Å². The Bertz CT molecular complexity index is 414. The van der Waals surface area contributed by atoms with E-state index in [2.05, 4.69) is 21.2 Å². The summed E-state index contributed by atoms with van der Waals surface area (Å²) in [5, 5.41) is 3.55. The van der Waals surface area contributed by atoms with E-state index in [0.717, 1.165) is 4.47 Å². The Labute approximate surface area is 120 Å². The second-order valence-corrected chi connectivity index (χ2v) is 4.89. The third-order valence-corrected chi connectivity index (χ3v) is 3.19. The van der Waals surface area contributed by atoms with Gasteiger partial charge in [-0.25, -0.2) is 4.79 Å². The van der Waals surface area contributed by atoms with Crippen molar-refractivity contribution >= 4 is 33.5 Å². The maximum absolute atomic E-state index is 11.7. The number of carbonyl (C=O) groups excluding carboxylic acids is 1. The fourth-order valence-electron chi connectivity index (χ4n) is 1.48. The van der Waals surface area contributed by atoms with E-state index in [1.54, 1.807) is 19.2 Å². The van der Waals surface area contributed by atoms with E-state index in [1.807, 2.05) is 6.07 Å². The van der Waals surface area contributed by atoms with E-state index in [0.29, 0.717) is 23.7 Å². The topological polar surface area (TPSA) is 47.6 Å². The third-order valence-electron chi connectivity index (χ3n) is 2.37. The fourth-order valence-corrected chi connectivity index (χ4v) is 2.26. The summed E-state index contributed by atoms with van der Waals surface area (Å²) in [4.78, 5) is 11.7. The van der Waals surface area contributed by atoms with Gasteiger partial charge < -0.3 is 9.47 Å². The predicted octanol–water partition coefficient (Wildman–Crippen LogP) is 2.55. The van der Waals surface area contributed by atoms with Crippen LogP contribution in [0.1, 0.15) is 11.6 Å². The first kappa shape index (κ1) is 15.4. The van der Waals surface area contributed by atoms with Crippen LogP contribution in [0.15, 0.2) is 22.7 Å². The van der Waals surface area contributed by atoms with Gasteiger partial charge in [0.1, 0.15) is 6.04 Å². The van der Waals surface area contributed by atoms with Gasteiger partial charge in [0.25, 0.3) is 0 Å². The summed E-state index contributed by atoms with van der Waals surface area (Å²) in [6, 6.07) is 4.76. The molecule has 18 heavy (non-hydrogen) atoms. The first-order chi connectivity index (χ1) is 8.60. The van der Waals surface area contributed by atoms with Crippen LogP contribution in [0.3, 0.4) is 0 Å². The molecule has 0 fully saturated rings. The van der Waals surface area contributed by atoms with Gasteiger partial charge in [0, 0.05) is 23.1 Å². The van der Waals surface area contributed by atoms with Crippen LogP contribution in [0, 0.1) is 0 Å². The standard InChI is InChI=1S/C12H15BrClNO3/c1-17-6-5-15-11(12(16)18-2)9-4-3-8(13)7-10(9)14/h3-4,7,11,15H,5-6H2,1-2H3. The highest BCUT2D eigenvalue weighted by Gasteiger charge is 2.23. The van der Waals surface area contributed by atoms with E-state index < -0.39 is 6.04 Å². The predicted molar refractivity (Wildman–Crippen MR) is 73.8 cm³/mol. The van der Waals surface area contributed by atoms with E-state index in [-0.39, 0.29) is 5.97 Å². The molecule has 0 aliphatic heterocycles. The molecule has 1 aromatic carbocycles. The second-order valence-electron chi connectivity index (χ2n) is 3.57. The molecule has 0 spiro atoms. The van der Waals surface area contributed by atoms with Gasteiger partial charge in [-0.05, 0) is 17.7 Å². The molecule has 1 rings (SSSR count). The normalized spacial score (nSPS) is 12.2. The van der Waals surface area contributed by atoms with Crippen molar-refractivity contribution in [2.75, 3.05) is 27.4 Å². The van der Waals surface area contributed by atoms with Crippen LogP contribution in [0.2, 0.25) is 5.02 Å². The van der Waals surface area contributed by atoms with E-state index in [1.165, 1.54) is 7.11 Å². The monoisotopic (exact) mass is 335 g/mol. The smallest absolute Gasteiger partial charge is 0.327 e. The lowest BCUT2D eigenvalue weighted by Gasteiger charge is -2.18. The number of hydrogen-bond acceptors (Lipinski definition) is 4. The molecule has 0 bridgehead atoms. The van der Waals surface area contributed by atoms with E-state index in [4.69, 9.17) is 21.1 Å². The van der Waals surface area contributed by atoms with Gasteiger partial charge in [0.2, 0.25) is 0 Å². The lowest BCUT2D eigenvalue weighted by atomic mass is 10.1. The zero-order valence-electron chi connectivity index (χ0n) is 10.2. The second kappa shape index (κ2) is 7.74. The Balaban J connectivity index is 2.90. The van der Waals surface area contributed by atoms with Crippen LogP contribution < -0.4 is 5.32 Å². The van der Waals surface area contributed by atoms with Crippen LogP contribution in [0.4, 0.5) is 0 Å². The van der Waals surface area contributed by atoms with E-state index >= 15 is 0 Å². The van der Waals surface area contributed by atoms with Crippen molar-refractivity contribution < 1.29 is 14.3 Å². The van der Waals surface area contributed by atoms with Gasteiger partial charge in [-0.15, -0.1) is 0 Å². The molecule has 1 unspecified atom stereocenters. The number of hydrogen-bond donors (Lipinski definition) is 1. The van der Waals surface area contributed by atoms with Crippen molar-refractivity contribution in [1.29, 1.82) is 0 Å². The molecule has 0 aromatic heterocycles. The van der Waals surface area contributed by atoms with Crippen molar-refractivity contribution in [2.24, 2.45) is 0 Å². The molecule has 0 heterocycles. The van der Waals surface area contributed by atoms with Gasteiger partial charge in [-0.2, -0.15) is 0 Å². The maximum Gasteiger partial charge on any atom is 0.327 e. The highest BCUT2D eigenvalue weighted by atomic mass is 79.9. The summed E-state index contributed by atoms with van der Waals surface area (Å²) in [7, 11) is 2.95. The number of ether oxygens (including phenoxy) is 2. The Morgan fingerprint density at radius 3 is 2.78 bits per heavy atom. The van der Waals surface area contributed by atoms with Gasteiger partial charge in [-0.3, -0.25) is 5.32 Å². The zero-order valence-corrected chi connectivity index (χ0v) is 12.5. The molecule has 0 aliphatic rings. The van der Waals surface area contributed by atoms with Gasteiger partial charge in [-0.1, -0.05) is 33.6 Å². The summed E-state index contributed by atoms with van der Waals surface area (Å²) in [6.45, 7) is 1.03. The Morgan fingerprint density at radius 1 is 1.50 bits per heavy atom. The lowest BCUT2D eigenvalue weighted by molar-refractivity contribution is -0.143. The molecule has 100 valence electrons. The Hall–Kier alpha value is -0.620. The van der Waals surface area contributed by atoms with Crippen LogP contribution >= 0.6 is 27.5 Å². The number of carbonyl (C=O) groups is 1. The highest BCUT2D eigenvalue weighted by molar-refractivity contribution is 9.10. The first-order valence-corrected chi connectivity index (χ1v) is 6.52. The third kappa shape index (κ3) is 4.24. The number of esters is 1. The largest absolute Gasteiger partial charge is 0.468 e. The van der Waals surface area contributed by atoms with Crippen LogP contribution in [-0.2, 0) is 14.3 Å². The molecule has 0 radical (unpaired) electrons. The molecule has 1 atom stereocenters. The summed E-state index contributed by atoms with van der Waals surface area (Å²) >= 11 is 9.45. The molecule has 0 saturated heterocycles. The lowest BCUT2D eigenvalue weighted by Crippen LogP contribution is -2.32. The molecule has 0 aliphatic carbocycles. The fraction of sp³-hybridized carbons (Fsp3) is 0.417. The van der Waals surface area contributed by atoms with Crippen LogP contribution in [-0.4, -0.2) is 33.3 Å². The molecule has 6 heteroatoms. The molecular weight excluding hydrogens is 321 g/mol. The minimum absolute atomic E-state index is 0.379. The highest BCUT2D eigenvalue weighted by Crippen LogP contribution is 2.27. The number of halogens is 2. The quantitative estimate of drug-likeness (QED) is 0.641. The molecular formula is C12H15BrClNO3. The van der Waals surface area contributed by atoms with Crippen LogP contribution in [0.5, 0.6) is 0 Å². The summed E-state index contributed by atoms with van der Waals surface area (Å²) in [5.74, 6) is -0.379. The SMILES string of the molecule is COCCNC(C(=O)OC)c1ccc(Br)cc1Cl. The molecule has 1 N–H and O–H groups in total. The van der Waals surface area contributed by atoms with Gasteiger partial charge >= 0.3 is 5.97 Å². The minimum Gasteiger partial charge on any atom is -0.468 e. The number of benzene rings is 1. The molecule has 0 saturated carbocycles. The summed E-state index contributed by atoms with van der Waals surface area (Å²) < 4.78 is 10.6. The van der Waals surface area contributed by atoms with Crippen molar-refractivity contribution in [2.45, 2.75) is 6.04 Å². The molecule has 0 amide bonds. The maximum atomic E-state index is 11.7. The first-order valence-electron chi connectivity index (χ1n) is 5.35. The van der Waals surface area contributed by atoms with Crippen molar-refractivity contribution in [3.05, 3.63) is 33.3 Å². The average molecular weight is 337 g/mol. The molecule has 1 aromatic rings. The zero-order chi connectivity index (χ0) is 13.5. The minimum atomic E-state index is -0.592. The number of rotatable bonds is 6. The van der Waals surface area contributed by atoms with E-state index in [9.17, 15) is 4.79 Å². The summed E-state index contributed by atoms with van der Waals surface area (Å²) in [6.07, 6.45) is 0. The average Bonchev–Trinajstić information content (AvgIpc) is 2.35. The van der Waals surface area contributed by atoms with Gasteiger partial charge in [0.05, 0.1) is 13.7 Å². The number of nitrogens with one attached hydrogen (secondary N) is 1. The summed E-state index contributed by atoms with van der Waals surface area (Å²) in [5.41, 5.74) is 0.683.